The Balaban J connectivity index is 1.60. The topological polar surface area (TPSA) is 67.6 Å². The van der Waals surface area contributed by atoms with Gasteiger partial charge < -0.3 is 20.7 Å². The molecule has 0 saturated carbocycles. The summed E-state index contributed by atoms with van der Waals surface area (Å²) in [4.78, 5) is 15.0. The maximum Gasteiger partial charge on any atom is 0.225 e. The predicted molar refractivity (Wildman–Crippen MR) is 109 cm³/mol. The maximum absolute atomic E-state index is 12.7. The highest BCUT2D eigenvalue weighted by Gasteiger charge is 2.27. The highest BCUT2D eigenvalue weighted by molar-refractivity contribution is 5.79. The smallest absolute Gasteiger partial charge is 0.225 e. The van der Waals surface area contributed by atoms with Crippen molar-refractivity contribution in [1.82, 2.24) is 5.32 Å². The Morgan fingerprint density at radius 3 is 2.74 bits per heavy atom. The molecule has 5 heteroatoms. The summed E-state index contributed by atoms with van der Waals surface area (Å²) in [5, 5.41) is 3.21. The highest BCUT2D eigenvalue weighted by atomic mass is 16.5. The van der Waals surface area contributed by atoms with Crippen LogP contribution in [0.3, 0.4) is 0 Å². The van der Waals surface area contributed by atoms with Gasteiger partial charge in [-0.3, -0.25) is 4.79 Å². The normalized spacial score (nSPS) is 19.2. The first-order valence-corrected chi connectivity index (χ1v) is 9.58. The van der Waals surface area contributed by atoms with E-state index in [4.69, 9.17) is 10.5 Å². The monoisotopic (exact) mass is 367 g/mol. The molecule has 5 nitrogen and oxygen atoms in total. The Morgan fingerprint density at radius 2 is 2.00 bits per heavy atom. The number of carbonyl (C=O) groups is 1. The summed E-state index contributed by atoms with van der Waals surface area (Å²) < 4.78 is 5.33. The number of benzene rings is 2. The SMILES string of the molecule is COc1cccc(N2CCCC(NC(=O)C(C)C(N)c3ccccc3)C2)c1. The standard InChI is InChI=1S/C22H29N3O2/c1-16(21(23)17-8-4-3-5-9-17)22(26)24-18-10-7-13-25(15-18)19-11-6-12-20(14-19)27-2/h3-6,8-9,11-12,14,16,18,21H,7,10,13,15,23H2,1-2H3,(H,24,26). The molecule has 27 heavy (non-hydrogen) atoms. The summed E-state index contributed by atoms with van der Waals surface area (Å²) in [5.41, 5.74) is 8.42. The molecular formula is C22H29N3O2. The van der Waals surface area contributed by atoms with Gasteiger partial charge in [0.25, 0.3) is 0 Å². The molecule has 2 aromatic rings. The number of ether oxygens (including phenoxy) is 1. The minimum atomic E-state index is -0.302. The van der Waals surface area contributed by atoms with Crippen molar-refractivity contribution in [2.45, 2.75) is 31.8 Å². The molecule has 3 N–H and O–H groups in total. The Kier molecular flexibility index (Phi) is 6.35. The first-order chi connectivity index (χ1) is 13.1. The molecule has 0 aromatic heterocycles. The molecule has 1 fully saturated rings. The molecule has 1 amide bonds. The maximum atomic E-state index is 12.7. The zero-order chi connectivity index (χ0) is 19.2. The van der Waals surface area contributed by atoms with Gasteiger partial charge in [0.2, 0.25) is 5.91 Å². The highest BCUT2D eigenvalue weighted by Crippen LogP contribution is 2.25. The number of nitrogens with zero attached hydrogens (tertiary/aromatic N) is 1. The molecule has 0 radical (unpaired) electrons. The van der Waals surface area contributed by atoms with Crippen molar-refractivity contribution in [2.24, 2.45) is 11.7 Å². The summed E-state index contributed by atoms with van der Waals surface area (Å²) in [6.07, 6.45) is 2.03. The lowest BCUT2D eigenvalue weighted by Gasteiger charge is -2.35. The lowest BCUT2D eigenvalue weighted by atomic mass is 9.94. The lowest BCUT2D eigenvalue weighted by molar-refractivity contribution is -0.125. The van der Waals surface area contributed by atoms with Crippen LogP contribution in [0, 0.1) is 5.92 Å². The molecule has 3 atom stereocenters. The Labute approximate surface area is 161 Å². The summed E-state index contributed by atoms with van der Waals surface area (Å²) in [7, 11) is 1.68. The number of carbonyl (C=O) groups excluding carboxylic acids is 1. The number of nitrogens with one attached hydrogen (secondary N) is 1. The lowest BCUT2D eigenvalue weighted by Crippen LogP contribution is -2.50. The van der Waals surface area contributed by atoms with E-state index in [1.54, 1.807) is 7.11 Å². The van der Waals surface area contributed by atoms with Crippen molar-refractivity contribution < 1.29 is 9.53 Å². The van der Waals surface area contributed by atoms with Crippen LogP contribution in [-0.4, -0.2) is 32.1 Å². The van der Waals surface area contributed by atoms with Crippen molar-refractivity contribution in [3.63, 3.8) is 0 Å². The molecule has 0 spiro atoms. The van der Waals surface area contributed by atoms with Gasteiger partial charge in [-0.05, 0) is 30.5 Å². The van der Waals surface area contributed by atoms with Gasteiger partial charge in [0.1, 0.15) is 5.75 Å². The minimum Gasteiger partial charge on any atom is -0.497 e. The molecule has 1 heterocycles. The van der Waals surface area contributed by atoms with Gasteiger partial charge in [0, 0.05) is 36.9 Å². The van der Waals surface area contributed by atoms with Gasteiger partial charge in [0.15, 0.2) is 0 Å². The van der Waals surface area contributed by atoms with Crippen LogP contribution in [-0.2, 0) is 4.79 Å². The van der Waals surface area contributed by atoms with Crippen LogP contribution in [0.15, 0.2) is 54.6 Å². The Hall–Kier alpha value is -2.53. The van der Waals surface area contributed by atoms with Gasteiger partial charge in [-0.1, -0.05) is 43.3 Å². The molecule has 3 rings (SSSR count). The minimum absolute atomic E-state index is 0.0174. The quantitative estimate of drug-likeness (QED) is 0.823. The van der Waals surface area contributed by atoms with Crippen LogP contribution in [0.25, 0.3) is 0 Å². The van der Waals surface area contributed by atoms with Crippen molar-refractivity contribution in [1.29, 1.82) is 0 Å². The van der Waals surface area contributed by atoms with E-state index in [1.807, 2.05) is 55.5 Å². The van der Waals surface area contributed by atoms with E-state index in [-0.39, 0.29) is 23.9 Å². The van der Waals surface area contributed by atoms with Gasteiger partial charge >= 0.3 is 0 Å². The van der Waals surface area contributed by atoms with Crippen LogP contribution >= 0.6 is 0 Å². The summed E-state index contributed by atoms with van der Waals surface area (Å²) in [5.74, 6) is 0.588. The third kappa shape index (κ3) is 4.80. The van der Waals surface area contributed by atoms with Crippen LogP contribution in [0.1, 0.15) is 31.4 Å². The van der Waals surface area contributed by atoms with Gasteiger partial charge in [0.05, 0.1) is 13.0 Å². The van der Waals surface area contributed by atoms with Crippen molar-refractivity contribution >= 4 is 11.6 Å². The van der Waals surface area contributed by atoms with Crippen LogP contribution in [0.5, 0.6) is 5.75 Å². The number of rotatable bonds is 6. The zero-order valence-corrected chi connectivity index (χ0v) is 16.1. The number of piperidine rings is 1. The molecule has 1 saturated heterocycles. The fourth-order valence-corrected chi connectivity index (χ4v) is 3.60. The second kappa shape index (κ2) is 8.91. The molecule has 1 aliphatic heterocycles. The van der Waals surface area contributed by atoms with E-state index in [9.17, 15) is 4.79 Å². The number of anilines is 1. The largest absolute Gasteiger partial charge is 0.497 e. The van der Waals surface area contributed by atoms with Crippen molar-refractivity contribution in [3.8, 4) is 5.75 Å². The van der Waals surface area contributed by atoms with Crippen molar-refractivity contribution in [3.05, 3.63) is 60.2 Å². The summed E-state index contributed by atoms with van der Waals surface area (Å²) >= 11 is 0. The number of amides is 1. The third-order valence-corrected chi connectivity index (χ3v) is 5.32. The molecule has 0 bridgehead atoms. The van der Waals surface area contributed by atoms with Crippen LogP contribution < -0.4 is 20.7 Å². The fraction of sp³-hybridized carbons (Fsp3) is 0.409. The number of hydrogen-bond donors (Lipinski definition) is 2. The first-order valence-electron chi connectivity index (χ1n) is 9.58. The van der Waals surface area contributed by atoms with Gasteiger partial charge in [-0.15, -0.1) is 0 Å². The summed E-state index contributed by atoms with van der Waals surface area (Å²) in [6, 6.07) is 17.7. The molecule has 1 aliphatic rings. The molecular weight excluding hydrogens is 338 g/mol. The predicted octanol–water partition coefficient (Wildman–Crippen LogP) is 3.12. The van der Waals surface area contributed by atoms with E-state index in [2.05, 4.69) is 16.3 Å². The van der Waals surface area contributed by atoms with E-state index in [0.717, 1.165) is 42.9 Å². The number of nitrogens with two attached hydrogens (primary N) is 1. The van der Waals surface area contributed by atoms with Crippen molar-refractivity contribution in [2.75, 3.05) is 25.1 Å². The molecule has 2 aromatic carbocycles. The molecule has 3 unspecified atom stereocenters. The molecule has 0 aliphatic carbocycles. The van der Waals surface area contributed by atoms with Crippen LogP contribution in [0.4, 0.5) is 5.69 Å². The second-order valence-corrected chi connectivity index (χ2v) is 7.22. The van der Waals surface area contributed by atoms with Crippen LogP contribution in [0.2, 0.25) is 0 Å². The van der Waals surface area contributed by atoms with E-state index < -0.39 is 0 Å². The first kappa shape index (κ1) is 19.2. The van der Waals surface area contributed by atoms with Gasteiger partial charge in [-0.2, -0.15) is 0 Å². The van der Waals surface area contributed by atoms with E-state index in [0.29, 0.717) is 0 Å². The van der Waals surface area contributed by atoms with E-state index >= 15 is 0 Å². The number of hydrogen-bond acceptors (Lipinski definition) is 4. The average Bonchev–Trinajstić information content (AvgIpc) is 2.73. The van der Waals surface area contributed by atoms with E-state index in [1.165, 1.54) is 0 Å². The number of methoxy groups -OCH3 is 1. The van der Waals surface area contributed by atoms with Gasteiger partial charge in [-0.25, -0.2) is 0 Å². The third-order valence-electron chi connectivity index (χ3n) is 5.32. The second-order valence-electron chi connectivity index (χ2n) is 7.22. The summed E-state index contributed by atoms with van der Waals surface area (Å²) in [6.45, 7) is 3.68. The zero-order valence-electron chi connectivity index (χ0n) is 16.1. The average molecular weight is 367 g/mol. The Bertz CT molecular complexity index is 750. The molecule has 144 valence electrons. The fourth-order valence-electron chi connectivity index (χ4n) is 3.60. The Morgan fingerprint density at radius 1 is 1.22 bits per heavy atom.